The van der Waals surface area contributed by atoms with E-state index < -0.39 is 0 Å². The maximum Gasteiger partial charge on any atom is 0.233 e. The van der Waals surface area contributed by atoms with E-state index in [0.29, 0.717) is 5.88 Å². The predicted molar refractivity (Wildman–Crippen MR) is 69.1 cm³/mol. The second-order valence-corrected chi connectivity index (χ2v) is 4.62. The third kappa shape index (κ3) is 2.80. The normalized spacial score (nSPS) is 10.9. The van der Waals surface area contributed by atoms with Crippen LogP contribution in [0.5, 0.6) is 5.88 Å². The van der Waals surface area contributed by atoms with Gasteiger partial charge in [-0.15, -0.1) is 5.10 Å². The third-order valence-corrected chi connectivity index (χ3v) is 2.54. The van der Waals surface area contributed by atoms with E-state index in [4.69, 9.17) is 16.3 Å². The maximum absolute atomic E-state index is 5.86. The zero-order chi connectivity index (χ0) is 12.4. The largest absolute Gasteiger partial charge is 0.474 e. The molecule has 0 N–H and O–H groups in total. The monoisotopic (exact) mass is 250 g/mol. The van der Waals surface area contributed by atoms with E-state index in [1.807, 2.05) is 55.8 Å². The highest BCUT2D eigenvalue weighted by atomic mass is 35.5. The Bertz CT molecular complexity index is 503. The Balaban J connectivity index is 2.32. The molecular weight excluding hydrogens is 236 g/mol. The number of nitrogens with zero attached hydrogens (tertiary/aromatic N) is 2. The van der Waals surface area contributed by atoms with Crippen LogP contribution < -0.4 is 4.74 Å². The van der Waals surface area contributed by atoms with Crippen molar-refractivity contribution in [2.24, 2.45) is 0 Å². The molecule has 3 nitrogen and oxygen atoms in total. The van der Waals surface area contributed by atoms with Gasteiger partial charge in [-0.3, -0.25) is 0 Å². The topological polar surface area (TPSA) is 27.1 Å². The van der Waals surface area contributed by atoms with E-state index in [1.54, 1.807) is 0 Å². The Morgan fingerprint density at radius 2 is 1.88 bits per heavy atom. The summed E-state index contributed by atoms with van der Waals surface area (Å²) in [5, 5.41) is 5.12. The van der Waals surface area contributed by atoms with Gasteiger partial charge in [-0.2, -0.15) is 0 Å². The molecular formula is C13H15ClN2O. The highest BCUT2D eigenvalue weighted by Gasteiger charge is 2.08. The van der Waals surface area contributed by atoms with E-state index in [2.05, 4.69) is 5.10 Å². The van der Waals surface area contributed by atoms with Crippen molar-refractivity contribution in [3.8, 4) is 11.6 Å². The Hall–Kier alpha value is -1.48. The predicted octanol–water partition coefficient (Wildman–Crippen LogP) is 3.62. The number of hydrogen-bond acceptors (Lipinski definition) is 2. The average molecular weight is 251 g/mol. The molecule has 0 spiro atoms. The van der Waals surface area contributed by atoms with E-state index >= 15 is 0 Å². The molecule has 1 aromatic carbocycles. The summed E-state index contributed by atoms with van der Waals surface area (Å²) in [5.74, 6) is 0.646. The van der Waals surface area contributed by atoms with Gasteiger partial charge in [0.2, 0.25) is 5.88 Å². The minimum Gasteiger partial charge on any atom is -0.474 e. The van der Waals surface area contributed by atoms with Gasteiger partial charge in [0.15, 0.2) is 0 Å². The number of halogens is 1. The molecule has 0 aliphatic rings. The lowest BCUT2D eigenvalue weighted by Crippen LogP contribution is -2.06. The molecule has 2 aromatic rings. The average Bonchev–Trinajstić information content (AvgIpc) is 2.59. The Morgan fingerprint density at radius 1 is 1.24 bits per heavy atom. The van der Waals surface area contributed by atoms with E-state index in [1.165, 1.54) is 0 Å². The molecule has 0 atom stereocenters. The van der Waals surface area contributed by atoms with Crippen LogP contribution in [0.1, 0.15) is 19.5 Å². The highest BCUT2D eigenvalue weighted by Crippen LogP contribution is 2.19. The van der Waals surface area contributed by atoms with E-state index in [-0.39, 0.29) is 6.10 Å². The van der Waals surface area contributed by atoms with Gasteiger partial charge in [0.05, 0.1) is 11.8 Å². The number of benzene rings is 1. The van der Waals surface area contributed by atoms with E-state index in [9.17, 15) is 0 Å². The summed E-state index contributed by atoms with van der Waals surface area (Å²) in [4.78, 5) is 0. The second-order valence-electron chi connectivity index (χ2n) is 4.18. The smallest absolute Gasteiger partial charge is 0.233 e. The summed E-state index contributed by atoms with van der Waals surface area (Å²) in [6.45, 7) is 5.96. The molecule has 0 aliphatic heterocycles. The minimum absolute atomic E-state index is 0.128. The molecule has 0 unspecified atom stereocenters. The Labute approximate surface area is 106 Å². The molecule has 1 aromatic heterocycles. The standard InChI is InChI=1S/C13H15ClN2O/c1-9(2)17-13-8-10(3)16(15-13)12-6-4-11(14)5-7-12/h4-9H,1-3H3. The van der Waals surface area contributed by atoms with Crippen LogP contribution in [-0.2, 0) is 0 Å². The maximum atomic E-state index is 5.86. The summed E-state index contributed by atoms with van der Waals surface area (Å²) in [7, 11) is 0. The van der Waals surface area contributed by atoms with Gasteiger partial charge in [0.25, 0.3) is 0 Å². The van der Waals surface area contributed by atoms with Gasteiger partial charge in [-0.1, -0.05) is 11.6 Å². The van der Waals surface area contributed by atoms with Crippen molar-refractivity contribution in [2.45, 2.75) is 26.9 Å². The summed E-state index contributed by atoms with van der Waals surface area (Å²) in [5.41, 5.74) is 2.01. The van der Waals surface area contributed by atoms with Crippen LogP contribution in [0.4, 0.5) is 0 Å². The minimum atomic E-state index is 0.128. The van der Waals surface area contributed by atoms with E-state index in [0.717, 1.165) is 16.4 Å². The number of aryl methyl sites for hydroxylation is 1. The Kier molecular flexibility index (Phi) is 3.38. The molecule has 1 heterocycles. The molecule has 4 heteroatoms. The molecule has 0 bridgehead atoms. The van der Waals surface area contributed by atoms with Crippen molar-refractivity contribution < 1.29 is 4.74 Å². The van der Waals surface area contributed by atoms with Crippen LogP contribution in [-0.4, -0.2) is 15.9 Å². The fourth-order valence-electron chi connectivity index (χ4n) is 1.59. The second kappa shape index (κ2) is 4.80. The van der Waals surface area contributed by atoms with Crippen LogP contribution in [0.3, 0.4) is 0 Å². The fraction of sp³-hybridized carbons (Fsp3) is 0.308. The number of ether oxygens (including phenoxy) is 1. The molecule has 0 saturated carbocycles. The van der Waals surface area contributed by atoms with Gasteiger partial charge in [0, 0.05) is 16.8 Å². The molecule has 2 rings (SSSR count). The number of hydrogen-bond donors (Lipinski definition) is 0. The Morgan fingerprint density at radius 3 is 2.47 bits per heavy atom. The van der Waals surface area contributed by atoms with Gasteiger partial charge in [-0.25, -0.2) is 4.68 Å². The van der Waals surface area contributed by atoms with Crippen LogP contribution in [0.2, 0.25) is 5.02 Å². The quantitative estimate of drug-likeness (QED) is 0.832. The lowest BCUT2D eigenvalue weighted by atomic mass is 10.3. The van der Waals surface area contributed by atoms with Crippen LogP contribution >= 0.6 is 11.6 Å². The number of rotatable bonds is 3. The van der Waals surface area contributed by atoms with Crippen molar-refractivity contribution in [1.82, 2.24) is 9.78 Å². The summed E-state index contributed by atoms with van der Waals surface area (Å²) in [6.07, 6.45) is 0.128. The van der Waals surface area contributed by atoms with Gasteiger partial charge >= 0.3 is 0 Å². The first kappa shape index (κ1) is 12.0. The molecule has 0 saturated heterocycles. The van der Waals surface area contributed by atoms with Crippen molar-refractivity contribution >= 4 is 11.6 Å². The third-order valence-electron chi connectivity index (χ3n) is 2.29. The first-order chi connectivity index (χ1) is 8.06. The molecule has 17 heavy (non-hydrogen) atoms. The van der Waals surface area contributed by atoms with Gasteiger partial charge in [-0.05, 0) is 45.0 Å². The molecule has 0 amide bonds. The van der Waals surface area contributed by atoms with Crippen LogP contribution in [0, 0.1) is 6.92 Å². The first-order valence-corrected chi connectivity index (χ1v) is 5.93. The zero-order valence-electron chi connectivity index (χ0n) is 10.1. The lowest BCUT2D eigenvalue weighted by Gasteiger charge is -2.05. The highest BCUT2D eigenvalue weighted by molar-refractivity contribution is 6.30. The molecule has 0 aliphatic carbocycles. The summed E-state index contributed by atoms with van der Waals surface area (Å²) < 4.78 is 7.40. The summed E-state index contributed by atoms with van der Waals surface area (Å²) >= 11 is 5.86. The lowest BCUT2D eigenvalue weighted by molar-refractivity contribution is 0.231. The van der Waals surface area contributed by atoms with Gasteiger partial charge in [0.1, 0.15) is 0 Å². The van der Waals surface area contributed by atoms with Crippen LogP contribution in [0.15, 0.2) is 30.3 Å². The fourth-order valence-corrected chi connectivity index (χ4v) is 1.71. The number of aromatic nitrogens is 2. The zero-order valence-corrected chi connectivity index (χ0v) is 10.9. The molecule has 0 fully saturated rings. The van der Waals surface area contributed by atoms with Crippen molar-refractivity contribution in [3.63, 3.8) is 0 Å². The van der Waals surface area contributed by atoms with Crippen molar-refractivity contribution in [1.29, 1.82) is 0 Å². The van der Waals surface area contributed by atoms with Gasteiger partial charge < -0.3 is 4.74 Å². The van der Waals surface area contributed by atoms with Crippen molar-refractivity contribution in [2.75, 3.05) is 0 Å². The molecule has 90 valence electrons. The molecule has 0 radical (unpaired) electrons. The first-order valence-electron chi connectivity index (χ1n) is 5.55. The SMILES string of the molecule is Cc1cc(OC(C)C)nn1-c1ccc(Cl)cc1. The van der Waals surface area contributed by atoms with Crippen LogP contribution in [0.25, 0.3) is 5.69 Å². The van der Waals surface area contributed by atoms with Crippen molar-refractivity contribution in [3.05, 3.63) is 41.0 Å². The summed E-state index contributed by atoms with van der Waals surface area (Å²) in [6, 6.07) is 9.49.